The van der Waals surface area contributed by atoms with Crippen LogP contribution in [0.4, 0.5) is 0 Å². The molecule has 3 atom stereocenters. The molecule has 0 spiro atoms. The molecule has 2 aromatic rings. The van der Waals surface area contributed by atoms with E-state index in [9.17, 15) is 19.5 Å². The van der Waals surface area contributed by atoms with Gasteiger partial charge in [0.2, 0.25) is 0 Å². The number of carboxylic acid groups (broad SMARTS) is 1. The summed E-state index contributed by atoms with van der Waals surface area (Å²) in [5.74, 6) is -1.41. The molecule has 0 saturated carbocycles. The molecule has 3 unspecified atom stereocenters. The molecule has 28 heavy (non-hydrogen) atoms. The first-order chi connectivity index (χ1) is 13.3. The minimum atomic E-state index is -1.07. The molecular weight excluding hydrogens is 362 g/mol. The summed E-state index contributed by atoms with van der Waals surface area (Å²) in [6.45, 7) is 5.19. The lowest BCUT2D eigenvalue weighted by Crippen LogP contribution is -2.49. The van der Waals surface area contributed by atoms with Crippen LogP contribution in [0.1, 0.15) is 44.7 Å². The second-order valence-electron chi connectivity index (χ2n) is 7.33. The number of nitrogens with one attached hydrogen (secondary N) is 1. The normalized spacial score (nSPS) is 16.2. The fraction of sp³-hybridized carbons (Fsp3) is 0.476. The third-order valence-corrected chi connectivity index (χ3v) is 5.40. The van der Waals surface area contributed by atoms with Gasteiger partial charge < -0.3 is 19.6 Å². The summed E-state index contributed by atoms with van der Waals surface area (Å²) < 4.78 is 11.1. The van der Waals surface area contributed by atoms with Crippen LogP contribution in [0.25, 0.3) is 11.0 Å². The number of amides is 1. The van der Waals surface area contributed by atoms with Crippen LogP contribution in [0.3, 0.4) is 0 Å². The summed E-state index contributed by atoms with van der Waals surface area (Å²) in [7, 11) is 0. The number of carboxylic acids is 1. The Morgan fingerprint density at radius 3 is 2.64 bits per heavy atom. The van der Waals surface area contributed by atoms with Crippen molar-refractivity contribution < 1.29 is 23.8 Å². The van der Waals surface area contributed by atoms with E-state index in [2.05, 4.69) is 5.32 Å². The van der Waals surface area contributed by atoms with Gasteiger partial charge in [-0.05, 0) is 49.8 Å². The molecule has 7 nitrogen and oxygen atoms in total. The largest absolute Gasteiger partial charge is 0.481 e. The molecule has 1 heterocycles. The van der Waals surface area contributed by atoms with Crippen molar-refractivity contribution in [3.8, 4) is 5.75 Å². The summed E-state index contributed by atoms with van der Waals surface area (Å²) in [5, 5.41) is 12.7. The second kappa shape index (κ2) is 8.04. The SMILES string of the molecule is CCC(C)C(NC(=O)C(C)Oc1ccc2c3c(c(=O)oc2c1)CCC3)C(=O)O. The van der Waals surface area contributed by atoms with Crippen LogP contribution in [0.5, 0.6) is 5.75 Å². The van der Waals surface area contributed by atoms with Crippen LogP contribution in [0.15, 0.2) is 27.4 Å². The lowest BCUT2D eigenvalue weighted by Gasteiger charge is -2.22. The van der Waals surface area contributed by atoms with Gasteiger partial charge in [0, 0.05) is 17.0 Å². The van der Waals surface area contributed by atoms with Crippen LogP contribution in [0.2, 0.25) is 0 Å². The zero-order valence-electron chi connectivity index (χ0n) is 16.3. The standard InChI is InChI=1S/C21H25NO6/c1-4-11(2)18(20(24)25)22-19(23)12(3)27-13-8-9-15-14-6-5-7-16(14)21(26)28-17(15)10-13/h8-12,18H,4-7H2,1-3H3,(H,22,23)(H,24,25). The predicted octanol–water partition coefficient (Wildman–Crippen LogP) is 2.66. The maximum Gasteiger partial charge on any atom is 0.339 e. The van der Waals surface area contributed by atoms with E-state index in [4.69, 9.17) is 9.15 Å². The average molecular weight is 387 g/mol. The van der Waals surface area contributed by atoms with Crippen LogP contribution in [0, 0.1) is 5.92 Å². The molecule has 0 fully saturated rings. The highest BCUT2D eigenvalue weighted by Gasteiger charge is 2.28. The van der Waals surface area contributed by atoms with Crippen molar-refractivity contribution in [1.29, 1.82) is 0 Å². The molecule has 1 amide bonds. The van der Waals surface area contributed by atoms with Crippen LogP contribution in [-0.4, -0.2) is 29.1 Å². The van der Waals surface area contributed by atoms with Crippen molar-refractivity contribution in [2.75, 3.05) is 0 Å². The lowest BCUT2D eigenvalue weighted by atomic mass is 9.99. The van der Waals surface area contributed by atoms with E-state index >= 15 is 0 Å². The molecule has 0 radical (unpaired) electrons. The van der Waals surface area contributed by atoms with Gasteiger partial charge in [-0.3, -0.25) is 4.79 Å². The van der Waals surface area contributed by atoms with Crippen molar-refractivity contribution in [2.45, 2.75) is 58.6 Å². The van der Waals surface area contributed by atoms with Crippen molar-refractivity contribution in [3.63, 3.8) is 0 Å². The molecule has 2 N–H and O–H groups in total. The van der Waals surface area contributed by atoms with E-state index in [0.717, 1.165) is 35.8 Å². The first-order valence-electron chi connectivity index (χ1n) is 9.60. The van der Waals surface area contributed by atoms with Gasteiger partial charge in [0.05, 0.1) is 0 Å². The van der Waals surface area contributed by atoms with E-state index in [-0.39, 0.29) is 11.5 Å². The highest BCUT2D eigenvalue weighted by molar-refractivity contribution is 5.87. The second-order valence-corrected chi connectivity index (χ2v) is 7.33. The van der Waals surface area contributed by atoms with Gasteiger partial charge in [0.1, 0.15) is 17.4 Å². The Bertz CT molecular complexity index is 963. The van der Waals surface area contributed by atoms with E-state index in [1.54, 1.807) is 26.0 Å². The number of benzene rings is 1. The summed E-state index contributed by atoms with van der Waals surface area (Å²) in [5.41, 5.74) is 1.89. The molecule has 0 bridgehead atoms. The summed E-state index contributed by atoms with van der Waals surface area (Å²) >= 11 is 0. The topological polar surface area (TPSA) is 106 Å². The van der Waals surface area contributed by atoms with Gasteiger partial charge in [0.15, 0.2) is 6.10 Å². The lowest BCUT2D eigenvalue weighted by molar-refractivity contribution is -0.144. The third kappa shape index (κ3) is 3.88. The molecule has 0 saturated heterocycles. The van der Waals surface area contributed by atoms with Gasteiger partial charge in [0.25, 0.3) is 5.91 Å². The summed E-state index contributed by atoms with van der Waals surface area (Å²) in [6, 6.07) is 4.19. The predicted molar refractivity (Wildman–Crippen MR) is 104 cm³/mol. The van der Waals surface area contributed by atoms with Crippen molar-refractivity contribution in [2.24, 2.45) is 5.92 Å². The van der Waals surface area contributed by atoms with Crippen LogP contribution in [-0.2, 0) is 22.4 Å². The van der Waals surface area contributed by atoms with Crippen LogP contribution >= 0.6 is 0 Å². The number of aliphatic carboxylic acids is 1. The summed E-state index contributed by atoms with van der Waals surface area (Å²) in [4.78, 5) is 35.9. The molecule has 150 valence electrons. The van der Waals surface area contributed by atoms with E-state index in [1.807, 2.05) is 13.0 Å². The molecule has 1 aromatic heterocycles. The molecule has 1 aliphatic carbocycles. The Balaban J connectivity index is 1.76. The minimum Gasteiger partial charge on any atom is -0.481 e. The molecule has 7 heteroatoms. The first kappa shape index (κ1) is 19.9. The zero-order valence-corrected chi connectivity index (χ0v) is 16.3. The van der Waals surface area contributed by atoms with Crippen LogP contribution < -0.4 is 15.7 Å². The van der Waals surface area contributed by atoms with Gasteiger partial charge in [-0.1, -0.05) is 20.3 Å². The number of aryl methyl sites for hydroxylation is 1. The van der Waals surface area contributed by atoms with Gasteiger partial charge in [-0.2, -0.15) is 0 Å². The van der Waals surface area contributed by atoms with E-state index < -0.39 is 24.0 Å². The van der Waals surface area contributed by atoms with Gasteiger partial charge in [-0.25, -0.2) is 9.59 Å². The minimum absolute atomic E-state index is 0.203. The number of carbonyl (C=O) groups is 2. The third-order valence-electron chi connectivity index (χ3n) is 5.40. The van der Waals surface area contributed by atoms with E-state index in [1.165, 1.54) is 0 Å². The fourth-order valence-corrected chi connectivity index (χ4v) is 3.55. The number of hydrogen-bond donors (Lipinski definition) is 2. The van der Waals surface area contributed by atoms with Gasteiger partial charge >= 0.3 is 11.6 Å². The maximum absolute atomic E-state index is 12.4. The highest BCUT2D eigenvalue weighted by atomic mass is 16.5. The first-order valence-corrected chi connectivity index (χ1v) is 9.60. The Labute approximate surface area is 162 Å². The molecule has 1 aromatic carbocycles. The molecular formula is C21H25NO6. The molecule has 0 aliphatic heterocycles. The monoisotopic (exact) mass is 387 g/mol. The number of rotatable bonds is 7. The average Bonchev–Trinajstić information content (AvgIpc) is 3.15. The maximum atomic E-state index is 12.4. The highest BCUT2D eigenvalue weighted by Crippen LogP contribution is 2.29. The molecule has 3 rings (SSSR count). The van der Waals surface area contributed by atoms with Crippen molar-refractivity contribution in [3.05, 3.63) is 39.7 Å². The number of fused-ring (bicyclic) bond motifs is 3. The number of carbonyl (C=O) groups excluding carboxylic acids is 1. The Kier molecular flexibility index (Phi) is 5.72. The zero-order chi connectivity index (χ0) is 20.4. The van der Waals surface area contributed by atoms with Gasteiger partial charge in [-0.15, -0.1) is 0 Å². The van der Waals surface area contributed by atoms with Crippen molar-refractivity contribution in [1.82, 2.24) is 5.32 Å². The van der Waals surface area contributed by atoms with E-state index in [0.29, 0.717) is 17.8 Å². The quantitative estimate of drug-likeness (QED) is 0.708. The molecule has 1 aliphatic rings. The Hall–Kier alpha value is -2.83. The number of hydrogen-bond acceptors (Lipinski definition) is 5. The number of ether oxygens (including phenoxy) is 1. The summed E-state index contributed by atoms with van der Waals surface area (Å²) in [6.07, 6.45) is 2.26. The Morgan fingerprint density at radius 1 is 1.25 bits per heavy atom. The Morgan fingerprint density at radius 2 is 1.96 bits per heavy atom. The van der Waals surface area contributed by atoms with Crippen molar-refractivity contribution >= 4 is 22.8 Å². The smallest absolute Gasteiger partial charge is 0.339 e. The fourth-order valence-electron chi connectivity index (χ4n) is 3.55.